The zero-order valence-electron chi connectivity index (χ0n) is 17.7. The third kappa shape index (κ3) is 3.35. The molecule has 4 nitrogen and oxygen atoms in total. The third-order valence-corrected chi connectivity index (χ3v) is 7.99. The molecule has 2 aliphatic carbocycles. The minimum atomic E-state index is -0.217. The van der Waals surface area contributed by atoms with Crippen molar-refractivity contribution in [3.63, 3.8) is 0 Å². The Labute approximate surface area is 202 Å². The van der Waals surface area contributed by atoms with Gasteiger partial charge in [0, 0.05) is 5.02 Å². The van der Waals surface area contributed by atoms with Gasteiger partial charge in [-0.1, -0.05) is 53.5 Å². The number of hydrogen-bond donors (Lipinski definition) is 0. The monoisotopic (exact) mass is 477 g/mol. The Morgan fingerprint density at radius 3 is 2.27 bits per heavy atom. The first kappa shape index (κ1) is 20.8. The summed E-state index contributed by atoms with van der Waals surface area (Å²) in [5.74, 6) is 1.39. The average Bonchev–Trinajstić information content (AvgIpc) is 3.48. The predicted octanol–water partition coefficient (Wildman–Crippen LogP) is 6.71. The number of carbonyl (C=O) groups is 2. The predicted molar refractivity (Wildman–Crippen MR) is 128 cm³/mol. The highest BCUT2D eigenvalue weighted by atomic mass is 35.5. The van der Waals surface area contributed by atoms with Crippen molar-refractivity contribution in [3.8, 4) is 11.5 Å². The van der Waals surface area contributed by atoms with Crippen molar-refractivity contribution in [2.45, 2.75) is 18.8 Å². The molecule has 1 aliphatic heterocycles. The van der Waals surface area contributed by atoms with Crippen molar-refractivity contribution in [3.05, 3.63) is 88.4 Å². The van der Waals surface area contributed by atoms with Crippen LogP contribution < -0.4 is 9.64 Å². The van der Waals surface area contributed by atoms with Crippen molar-refractivity contribution in [2.75, 3.05) is 4.90 Å². The Kier molecular flexibility index (Phi) is 4.97. The molecule has 166 valence electrons. The Morgan fingerprint density at radius 2 is 1.55 bits per heavy atom. The van der Waals surface area contributed by atoms with E-state index in [1.165, 1.54) is 10.5 Å². The minimum absolute atomic E-state index is 0.0570. The summed E-state index contributed by atoms with van der Waals surface area (Å²) in [7, 11) is 0. The number of hydrogen-bond acceptors (Lipinski definition) is 3. The van der Waals surface area contributed by atoms with E-state index >= 15 is 0 Å². The third-order valence-electron chi connectivity index (χ3n) is 7.46. The van der Waals surface area contributed by atoms with Crippen LogP contribution in [0.1, 0.15) is 24.3 Å². The Bertz CT molecular complexity index is 1240. The number of carbonyl (C=O) groups excluding carboxylic acids is 2. The lowest BCUT2D eigenvalue weighted by molar-refractivity contribution is -0.123. The summed E-state index contributed by atoms with van der Waals surface area (Å²) in [5.41, 5.74) is 1.87. The smallest absolute Gasteiger partial charge is 0.237 e. The van der Waals surface area contributed by atoms with E-state index in [0.717, 1.165) is 12.8 Å². The van der Waals surface area contributed by atoms with E-state index in [4.69, 9.17) is 27.9 Å². The maximum absolute atomic E-state index is 13.5. The quantitative estimate of drug-likeness (QED) is 0.392. The van der Waals surface area contributed by atoms with Gasteiger partial charge in [0.1, 0.15) is 11.5 Å². The van der Waals surface area contributed by atoms with Crippen LogP contribution >= 0.6 is 23.2 Å². The zero-order valence-corrected chi connectivity index (χ0v) is 19.2. The van der Waals surface area contributed by atoms with E-state index in [1.54, 1.807) is 42.5 Å². The highest BCUT2D eigenvalue weighted by Crippen LogP contribution is 2.61. The van der Waals surface area contributed by atoms with Crippen LogP contribution in [0.4, 0.5) is 5.69 Å². The number of rotatable bonds is 4. The molecule has 0 aromatic heterocycles. The van der Waals surface area contributed by atoms with Crippen LogP contribution in [0.2, 0.25) is 10.0 Å². The molecule has 5 atom stereocenters. The van der Waals surface area contributed by atoms with Crippen molar-refractivity contribution in [1.82, 2.24) is 0 Å². The topological polar surface area (TPSA) is 46.6 Å². The summed E-state index contributed by atoms with van der Waals surface area (Å²) in [6, 6.07) is 22.4. The normalized spacial score (nSPS) is 27.8. The summed E-state index contributed by atoms with van der Waals surface area (Å²) in [4.78, 5) is 28.2. The largest absolute Gasteiger partial charge is 0.456 e. The number of imide groups is 1. The number of amides is 2. The Balaban J connectivity index is 1.23. The van der Waals surface area contributed by atoms with Gasteiger partial charge in [-0.05, 0) is 78.6 Å². The molecule has 2 saturated carbocycles. The summed E-state index contributed by atoms with van der Waals surface area (Å²) in [6.07, 6.45) is 1.95. The van der Waals surface area contributed by atoms with Crippen LogP contribution in [0.25, 0.3) is 0 Å². The number of nitrogens with zero attached hydrogens (tertiary/aromatic N) is 1. The van der Waals surface area contributed by atoms with Gasteiger partial charge >= 0.3 is 0 Å². The van der Waals surface area contributed by atoms with E-state index in [2.05, 4.69) is 12.1 Å². The molecule has 5 unspecified atom stereocenters. The highest BCUT2D eigenvalue weighted by Gasteiger charge is 2.64. The highest BCUT2D eigenvalue weighted by molar-refractivity contribution is 6.35. The number of benzene rings is 3. The van der Waals surface area contributed by atoms with Crippen molar-refractivity contribution < 1.29 is 14.3 Å². The lowest BCUT2D eigenvalue weighted by atomic mass is 9.73. The molecule has 3 aromatic carbocycles. The number of halogens is 2. The van der Waals surface area contributed by atoms with Crippen LogP contribution in [0.3, 0.4) is 0 Å². The zero-order chi connectivity index (χ0) is 22.7. The lowest BCUT2D eigenvalue weighted by Gasteiger charge is -2.28. The van der Waals surface area contributed by atoms with Crippen molar-refractivity contribution >= 4 is 40.7 Å². The number of anilines is 1. The number of fused-ring (bicyclic) bond motifs is 5. The van der Waals surface area contributed by atoms with Gasteiger partial charge in [-0.2, -0.15) is 0 Å². The molecule has 1 heterocycles. The first-order valence-corrected chi connectivity index (χ1v) is 11.9. The molecule has 0 spiro atoms. The molecule has 2 bridgehead atoms. The maximum Gasteiger partial charge on any atom is 0.237 e. The molecule has 1 saturated heterocycles. The van der Waals surface area contributed by atoms with Crippen LogP contribution in [0.15, 0.2) is 72.8 Å². The van der Waals surface area contributed by atoms with E-state index in [-0.39, 0.29) is 35.5 Å². The van der Waals surface area contributed by atoms with E-state index in [1.807, 2.05) is 18.2 Å². The fourth-order valence-electron chi connectivity index (χ4n) is 6.15. The number of ether oxygens (including phenoxy) is 1. The molecule has 6 heteroatoms. The van der Waals surface area contributed by atoms with Gasteiger partial charge < -0.3 is 4.74 Å². The summed E-state index contributed by atoms with van der Waals surface area (Å²) >= 11 is 12.1. The fraction of sp³-hybridized carbons (Fsp3) is 0.259. The summed E-state index contributed by atoms with van der Waals surface area (Å²) in [6.45, 7) is 0. The van der Waals surface area contributed by atoms with Crippen molar-refractivity contribution in [2.24, 2.45) is 23.7 Å². The Hall–Kier alpha value is -2.82. The molecule has 3 fully saturated rings. The first-order valence-electron chi connectivity index (χ1n) is 11.2. The summed E-state index contributed by atoms with van der Waals surface area (Å²) < 4.78 is 5.84. The van der Waals surface area contributed by atoms with Gasteiger partial charge in [-0.25, -0.2) is 0 Å². The molecule has 3 aromatic rings. The molecule has 2 amide bonds. The van der Waals surface area contributed by atoms with Crippen LogP contribution in [0, 0.1) is 23.7 Å². The molecular formula is C27H21Cl2NO3. The van der Waals surface area contributed by atoms with Crippen LogP contribution in [0.5, 0.6) is 11.5 Å². The Morgan fingerprint density at radius 1 is 0.818 bits per heavy atom. The molecule has 0 N–H and O–H groups in total. The molecule has 33 heavy (non-hydrogen) atoms. The van der Waals surface area contributed by atoms with Gasteiger partial charge in [0.05, 0.1) is 22.5 Å². The van der Waals surface area contributed by atoms with E-state index in [9.17, 15) is 9.59 Å². The molecule has 3 aliphatic rings. The SMILES string of the molecule is O=C1C2C3CC(c4ccccc4)C(C3)C2C(=O)N1c1ccc(Oc2ccc(Cl)cc2Cl)cc1. The average molecular weight is 478 g/mol. The lowest BCUT2D eigenvalue weighted by Crippen LogP contribution is -2.32. The summed E-state index contributed by atoms with van der Waals surface area (Å²) in [5, 5.41) is 0.940. The van der Waals surface area contributed by atoms with Crippen LogP contribution in [-0.4, -0.2) is 11.8 Å². The fourth-order valence-corrected chi connectivity index (χ4v) is 6.59. The van der Waals surface area contributed by atoms with Crippen LogP contribution in [-0.2, 0) is 9.59 Å². The second kappa shape index (κ2) is 7.89. The first-order chi connectivity index (χ1) is 16.0. The maximum atomic E-state index is 13.5. The van der Waals surface area contributed by atoms with Gasteiger partial charge in [0.25, 0.3) is 0 Å². The van der Waals surface area contributed by atoms with Gasteiger partial charge in [-0.15, -0.1) is 0 Å². The van der Waals surface area contributed by atoms with Gasteiger partial charge in [-0.3, -0.25) is 14.5 Å². The van der Waals surface area contributed by atoms with Crippen molar-refractivity contribution in [1.29, 1.82) is 0 Å². The second-order valence-electron chi connectivity index (χ2n) is 9.15. The second-order valence-corrected chi connectivity index (χ2v) is 9.99. The van der Waals surface area contributed by atoms with E-state index < -0.39 is 0 Å². The standard InChI is InChI=1S/C27H21Cl2NO3/c28-17-6-11-23(22(29)14-17)33-19-9-7-18(8-10-19)30-26(31)24-16-12-20(15-4-2-1-3-5-15)21(13-16)25(24)27(30)32/h1-11,14,16,20-21,24-25H,12-13H2. The van der Waals surface area contributed by atoms with Gasteiger partial charge in [0.2, 0.25) is 11.8 Å². The van der Waals surface area contributed by atoms with Gasteiger partial charge in [0.15, 0.2) is 0 Å². The molecule has 0 radical (unpaired) electrons. The minimum Gasteiger partial charge on any atom is -0.456 e. The molecule has 6 rings (SSSR count). The molecular weight excluding hydrogens is 457 g/mol. The van der Waals surface area contributed by atoms with E-state index in [0.29, 0.717) is 33.1 Å².